The normalized spacial score (nSPS) is 20.4. The van der Waals surface area contributed by atoms with Crippen molar-refractivity contribution in [3.8, 4) is 0 Å². The number of hydrogen-bond acceptors (Lipinski definition) is 4. The van der Waals surface area contributed by atoms with Crippen LogP contribution in [0, 0.1) is 13.8 Å². The maximum Gasteiger partial charge on any atom is 0.305 e. The molecule has 6 heteroatoms. The Kier molecular flexibility index (Phi) is 4.81. The van der Waals surface area contributed by atoms with Crippen molar-refractivity contribution in [3.63, 3.8) is 0 Å². The van der Waals surface area contributed by atoms with Crippen molar-refractivity contribution in [1.29, 1.82) is 0 Å². The summed E-state index contributed by atoms with van der Waals surface area (Å²) in [5.41, 5.74) is 3.89. The first-order chi connectivity index (χ1) is 11.9. The van der Waals surface area contributed by atoms with Gasteiger partial charge in [-0.2, -0.15) is 0 Å². The van der Waals surface area contributed by atoms with Gasteiger partial charge in [-0.15, -0.1) is 0 Å². The highest BCUT2D eigenvalue weighted by Crippen LogP contribution is 2.28. The molecule has 1 saturated heterocycles. The van der Waals surface area contributed by atoms with Crippen LogP contribution >= 0.6 is 0 Å². The minimum absolute atomic E-state index is 0.0595. The quantitative estimate of drug-likeness (QED) is 0.901. The zero-order chi connectivity index (χ0) is 18.1. The average Bonchev–Trinajstić information content (AvgIpc) is 3.12. The number of carbonyl (C=O) groups is 2. The van der Waals surface area contributed by atoms with E-state index in [1.54, 1.807) is 18.3 Å². The van der Waals surface area contributed by atoms with Gasteiger partial charge in [-0.1, -0.05) is 0 Å². The van der Waals surface area contributed by atoms with Gasteiger partial charge in [-0.3, -0.25) is 9.59 Å². The molecule has 0 aliphatic carbocycles. The Morgan fingerprint density at radius 2 is 2.04 bits per heavy atom. The summed E-state index contributed by atoms with van der Waals surface area (Å²) >= 11 is 0. The van der Waals surface area contributed by atoms with Gasteiger partial charge in [0.2, 0.25) is 5.91 Å². The molecular weight excluding hydrogens is 322 g/mol. The van der Waals surface area contributed by atoms with E-state index in [0.717, 1.165) is 27.7 Å². The van der Waals surface area contributed by atoms with Crippen LogP contribution in [0.5, 0.6) is 0 Å². The monoisotopic (exact) mass is 345 g/mol. The van der Waals surface area contributed by atoms with Gasteiger partial charge in [0.1, 0.15) is 5.58 Å². The third-order valence-electron chi connectivity index (χ3n) is 5.05. The summed E-state index contributed by atoms with van der Waals surface area (Å²) in [6, 6.07) is 3.69. The molecule has 1 aliphatic heterocycles. The number of furan rings is 1. The second-order valence-corrected chi connectivity index (χ2v) is 6.76. The lowest BCUT2D eigenvalue weighted by atomic mass is 10.0. The van der Waals surface area contributed by atoms with Crippen molar-refractivity contribution >= 4 is 22.8 Å². The van der Waals surface area contributed by atoms with Crippen LogP contribution in [0.15, 0.2) is 22.8 Å². The van der Waals surface area contributed by atoms with Crippen molar-refractivity contribution < 1.29 is 23.8 Å². The van der Waals surface area contributed by atoms with Gasteiger partial charge >= 0.3 is 5.97 Å². The lowest BCUT2D eigenvalue weighted by Crippen LogP contribution is -2.38. The van der Waals surface area contributed by atoms with Crippen LogP contribution in [0.3, 0.4) is 0 Å². The third-order valence-corrected chi connectivity index (χ3v) is 5.05. The molecule has 3 rings (SSSR count). The Morgan fingerprint density at radius 1 is 1.32 bits per heavy atom. The molecule has 2 unspecified atom stereocenters. The van der Waals surface area contributed by atoms with Crippen LogP contribution in [0.25, 0.3) is 11.0 Å². The number of aliphatic carboxylic acids is 1. The van der Waals surface area contributed by atoms with Gasteiger partial charge < -0.3 is 19.2 Å². The summed E-state index contributed by atoms with van der Waals surface area (Å²) in [6.45, 7) is 4.48. The van der Waals surface area contributed by atoms with Crippen LogP contribution in [-0.2, 0) is 20.7 Å². The molecule has 2 aromatic rings. The number of aryl methyl sites for hydroxylation is 2. The lowest BCUT2D eigenvalue weighted by Gasteiger charge is -2.23. The third kappa shape index (κ3) is 3.54. The smallest absolute Gasteiger partial charge is 0.305 e. The maximum atomic E-state index is 12.8. The zero-order valence-corrected chi connectivity index (χ0v) is 14.7. The predicted molar refractivity (Wildman–Crippen MR) is 92.6 cm³/mol. The lowest BCUT2D eigenvalue weighted by molar-refractivity contribution is -0.139. The van der Waals surface area contributed by atoms with Crippen LogP contribution in [0.4, 0.5) is 0 Å². The summed E-state index contributed by atoms with van der Waals surface area (Å²) in [4.78, 5) is 25.5. The van der Waals surface area contributed by atoms with Crippen LogP contribution in [-0.4, -0.2) is 47.7 Å². The SMILES string of the molecule is COC1CC(CC(=O)O)N(C(=O)Cc2coc3cc(C)c(C)cc23)C1. The molecular formula is C19H23NO5. The van der Waals surface area contributed by atoms with Crippen LogP contribution in [0.2, 0.25) is 0 Å². The van der Waals surface area contributed by atoms with E-state index >= 15 is 0 Å². The number of likely N-dealkylation sites (tertiary alicyclic amines) is 1. The number of ether oxygens (including phenoxy) is 1. The molecule has 0 bridgehead atoms. The average molecular weight is 345 g/mol. The number of carboxylic acid groups (broad SMARTS) is 1. The molecule has 1 aliphatic rings. The summed E-state index contributed by atoms with van der Waals surface area (Å²) in [5, 5.41) is 10.0. The molecule has 2 heterocycles. The Hall–Kier alpha value is -2.34. The minimum atomic E-state index is -0.903. The van der Waals surface area contributed by atoms with Gasteiger partial charge in [0.15, 0.2) is 0 Å². The fourth-order valence-corrected chi connectivity index (χ4v) is 3.48. The van der Waals surface area contributed by atoms with Crippen molar-refractivity contribution in [2.75, 3.05) is 13.7 Å². The van der Waals surface area contributed by atoms with E-state index in [0.29, 0.717) is 13.0 Å². The fourth-order valence-electron chi connectivity index (χ4n) is 3.48. The molecule has 6 nitrogen and oxygen atoms in total. The van der Waals surface area contributed by atoms with E-state index < -0.39 is 5.97 Å². The van der Waals surface area contributed by atoms with Gasteiger partial charge in [-0.25, -0.2) is 0 Å². The number of carboxylic acids is 1. The van der Waals surface area contributed by atoms with Crippen molar-refractivity contribution in [3.05, 3.63) is 35.1 Å². The zero-order valence-electron chi connectivity index (χ0n) is 14.7. The van der Waals surface area contributed by atoms with E-state index in [1.165, 1.54) is 0 Å². The first-order valence-corrected chi connectivity index (χ1v) is 8.40. The first-order valence-electron chi connectivity index (χ1n) is 8.40. The molecule has 1 aromatic carbocycles. The number of carbonyl (C=O) groups excluding carboxylic acids is 1. The second kappa shape index (κ2) is 6.88. The molecule has 25 heavy (non-hydrogen) atoms. The van der Waals surface area contributed by atoms with Gasteiger partial charge in [0.25, 0.3) is 0 Å². The summed E-state index contributed by atoms with van der Waals surface area (Å²) in [6.07, 6.45) is 2.20. The van der Waals surface area contributed by atoms with Crippen LogP contribution in [0.1, 0.15) is 29.5 Å². The second-order valence-electron chi connectivity index (χ2n) is 6.76. The van der Waals surface area contributed by atoms with Crippen molar-refractivity contribution in [2.24, 2.45) is 0 Å². The minimum Gasteiger partial charge on any atom is -0.481 e. The van der Waals surface area contributed by atoms with Crippen molar-refractivity contribution in [2.45, 2.75) is 45.3 Å². The molecule has 1 fully saturated rings. The first kappa shape index (κ1) is 17.5. The highest BCUT2D eigenvalue weighted by Gasteiger charge is 2.36. The number of nitrogens with zero attached hydrogens (tertiary/aromatic N) is 1. The number of fused-ring (bicyclic) bond motifs is 1. The van der Waals surface area contributed by atoms with E-state index in [4.69, 9.17) is 14.3 Å². The molecule has 1 amide bonds. The summed E-state index contributed by atoms with van der Waals surface area (Å²) < 4.78 is 10.9. The van der Waals surface area contributed by atoms with Gasteiger partial charge in [-0.05, 0) is 43.5 Å². The van der Waals surface area contributed by atoms with E-state index in [9.17, 15) is 9.59 Å². The van der Waals surface area contributed by atoms with Crippen molar-refractivity contribution in [1.82, 2.24) is 4.90 Å². The molecule has 2 atom stereocenters. The molecule has 1 aromatic heterocycles. The highest BCUT2D eigenvalue weighted by molar-refractivity contribution is 5.89. The number of benzene rings is 1. The van der Waals surface area contributed by atoms with E-state index in [-0.39, 0.29) is 30.9 Å². The Balaban J connectivity index is 1.81. The molecule has 0 radical (unpaired) electrons. The standard InChI is InChI=1S/C19H23NO5/c1-11-4-16-13(10-25-17(16)5-12(11)2)6-18(21)20-9-15(24-3)7-14(20)8-19(22)23/h4-5,10,14-15H,6-9H2,1-3H3,(H,22,23). The fraction of sp³-hybridized carbons (Fsp3) is 0.474. The number of methoxy groups -OCH3 is 1. The Morgan fingerprint density at radius 3 is 2.72 bits per heavy atom. The highest BCUT2D eigenvalue weighted by atomic mass is 16.5. The van der Waals surface area contributed by atoms with E-state index in [1.807, 2.05) is 26.0 Å². The topological polar surface area (TPSA) is 80.0 Å². The maximum absolute atomic E-state index is 12.8. The molecule has 134 valence electrons. The summed E-state index contributed by atoms with van der Waals surface area (Å²) in [5.74, 6) is -0.994. The summed E-state index contributed by atoms with van der Waals surface area (Å²) in [7, 11) is 1.59. The van der Waals surface area contributed by atoms with E-state index in [2.05, 4.69) is 0 Å². The predicted octanol–water partition coefficient (Wildman–Crippen LogP) is 2.68. The number of amides is 1. The molecule has 1 N–H and O–H groups in total. The van der Waals surface area contributed by atoms with Gasteiger partial charge in [0.05, 0.1) is 25.2 Å². The number of rotatable bonds is 5. The molecule has 0 spiro atoms. The van der Waals surface area contributed by atoms with Crippen LogP contribution < -0.4 is 0 Å². The molecule has 0 saturated carbocycles. The largest absolute Gasteiger partial charge is 0.481 e. The Labute approximate surface area is 146 Å². The van der Waals surface area contributed by atoms with Gasteiger partial charge in [0, 0.05) is 30.6 Å². The number of hydrogen-bond donors (Lipinski definition) is 1. The Bertz CT molecular complexity index is 809.